The summed E-state index contributed by atoms with van der Waals surface area (Å²) in [6.07, 6.45) is 9.39. The van der Waals surface area contributed by atoms with E-state index >= 15 is 0 Å². The number of hydrogen-bond acceptors (Lipinski definition) is 5. The van der Waals surface area contributed by atoms with Gasteiger partial charge in [-0.1, -0.05) is 6.07 Å². The van der Waals surface area contributed by atoms with E-state index in [0.717, 1.165) is 37.3 Å². The van der Waals surface area contributed by atoms with Crippen molar-refractivity contribution >= 4 is 5.91 Å². The van der Waals surface area contributed by atoms with Crippen LogP contribution in [0.25, 0.3) is 0 Å². The summed E-state index contributed by atoms with van der Waals surface area (Å²) in [6.45, 7) is 2.08. The smallest absolute Gasteiger partial charge is 0.289 e. The van der Waals surface area contributed by atoms with Crippen LogP contribution >= 0.6 is 0 Å². The molecule has 1 atom stereocenters. The van der Waals surface area contributed by atoms with Gasteiger partial charge in [0.05, 0.1) is 13.7 Å². The normalized spacial score (nSPS) is 17.1. The zero-order valence-electron chi connectivity index (χ0n) is 15.2. The van der Waals surface area contributed by atoms with Gasteiger partial charge in [-0.15, -0.1) is 0 Å². The van der Waals surface area contributed by atoms with Crippen LogP contribution in [0, 0.1) is 0 Å². The molecule has 3 aromatic rings. The van der Waals surface area contributed by atoms with E-state index in [1.807, 2.05) is 29.6 Å². The van der Waals surface area contributed by atoms with Crippen molar-refractivity contribution < 1.29 is 13.9 Å². The van der Waals surface area contributed by atoms with Crippen LogP contribution in [-0.2, 0) is 6.54 Å². The highest BCUT2D eigenvalue weighted by Crippen LogP contribution is 2.28. The van der Waals surface area contributed by atoms with Gasteiger partial charge < -0.3 is 18.6 Å². The Bertz CT molecular complexity index is 903. The molecule has 1 fully saturated rings. The molecular weight excluding hydrogens is 344 g/mol. The lowest BCUT2D eigenvalue weighted by Crippen LogP contribution is -2.39. The molecule has 4 rings (SSSR count). The third kappa shape index (κ3) is 3.72. The monoisotopic (exact) mass is 366 g/mol. The van der Waals surface area contributed by atoms with Gasteiger partial charge in [-0.25, -0.2) is 4.98 Å². The number of aromatic nitrogens is 3. The molecule has 1 aliphatic rings. The topological polar surface area (TPSA) is 73.4 Å². The molecule has 7 nitrogen and oxygen atoms in total. The number of furan rings is 1. The summed E-state index contributed by atoms with van der Waals surface area (Å²) in [5.74, 6) is 1.76. The quantitative estimate of drug-likeness (QED) is 0.694. The van der Waals surface area contributed by atoms with Crippen LogP contribution in [0.15, 0.2) is 53.5 Å². The van der Waals surface area contributed by atoms with Crippen molar-refractivity contribution in [3.63, 3.8) is 0 Å². The summed E-state index contributed by atoms with van der Waals surface area (Å²) >= 11 is 0. The number of rotatable bonds is 5. The molecular formula is C20H22N4O3. The molecule has 0 saturated carbocycles. The summed E-state index contributed by atoms with van der Waals surface area (Å²) in [5.41, 5.74) is 1.13. The van der Waals surface area contributed by atoms with Crippen LogP contribution < -0.4 is 4.74 Å². The van der Waals surface area contributed by atoms with Crippen LogP contribution in [-0.4, -0.2) is 45.5 Å². The first kappa shape index (κ1) is 17.3. The van der Waals surface area contributed by atoms with E-state index in [0.29, 0.717) is 18.3 Å². The van der Waals surface area contributed by atoms with Crippen molar-refractivity contribution in [3.8, 4) is 5.95 Å². The van der Waals surface area contributed by atoms with Crippen LogP contribution in [0.3, 0.4) is 0 Å². The average Bonchev–Trinajstić information content (AvgIpc) is 3.38. The molecule has 1 saturated heterocycles. The third-order valence-electron chi connectivity index (χ3n) is 4.89. The fourth-order valence-electron chi connectivity index (χ4n) is 3.58. The number of nitrogens with zero attached hydrogens (tertiary/aromatic N) is 4. The van der Waals surface area contributed by atoms with E-state index in [2.05, 4.69) is 20.6 Å². The highest BCUT2D eigenvalue weighted by atomic mass is 16.6. The van der Waals surface area contributed by atoms with Crippen LogP contribution in [0.5, 0.6) is 5.95 Å². The Labute approximate surface area is 157 Å². The highest BCUT2D eigenvalue weighted by molar-refractivity contribution is 5.91. The van der Waals surface area contributed by atoms with E-state index in [1.165, 1.54) is 7.11 Å². The molecule has 27 heavy (non-hydrogen) atoms. The van der Waals surface area contributed by atoms with Crippen LogP contribution in [0.2, 0.25) is 0 Å². The molecule has 7 heteroatoms. The molecule has 0 N–H and O–H groups in total. The van der Waals surface area contributed by atoms with E-state index in [9.17, 15) is 4.79 Å². The molecule has 1 unspecified atom stereocenters. The first-order valence-electron chi connectivity index (χ1n) is 9.07. The first-order chi connectivity index (χ1) is 13.2. The average molecular weight is 366 g/mol. The summed E-state index contributed by atoms with van der Waals surface area (Å²) in [5, 5.41) is 0. The Balaban J connectivity index is 1.49. The fourth-order valence-corrected chi connectivity index (χ4v) is 3.58. The van der Waals surface area contributed by atoms with E-state index < -0.39 is 0 Å². The number of imidazole rings is 1. The number of piperidine rings is 1. The minimum absolute atomic E-state index is 0.103. The largest absolute Gasteiger partial charge is 0.468 e. The zero-order valence-corrected chi connectivity index (χ0v) is 15.2. The molecule has 0 bridgehead atoms. The SMILES string of the molecule is COc1ccc(C(=O)N2CCCC(c3nccn3Cc3cccnc3)C2)o1. The van der Waals surface area contributed by atoms with Crippen molar-refractivity contribution in [2.24, 2.45) is 0 Å². The Hall–Kier alpha value is -3.09. The van der Waals surface area contributed by atoms with E-state index in [-0.39, 0.29) is 11.8 Å². The number of ether oxygens (including phenoxy) is 1. The number of hydrogen-bond donors (Lipinski definition) is 0. The number of pyridine rings is 1. The number of methoxy groups -OCH3 is 1. The van der Waals surface area contributed by atoms with Gasteiger partial charge in [-0.3, -0.25) is 9.78 Å². The van der Waals surface area contributed by atoms with Gasteiger partial charge in [0.2, 0.25) is 0 Å². The van der Waals surface area contributed by atoms with Crippen molar-refractivity contribution in [1.82, 2.24) is 19.4 Å². The lowest BCUT2D eigenvalue weighted by Gasteiger charge is -2.32. The zero-order chi connectivity index (χ0) is 18.6. The maximum atomic E-state index is 12.8. The third-order valence-corrected chi connectivity index (χ3v) is 4.89. The van der Waals surface area contributed by atoms with Crippen molar-refractivity contribution in [1.29, 1.82) is 0 Å². The van der Waals surface area contributed by atoms with Gasteiger partial charge >= 0.3 is 0 Å². The standard InChI is InChI=1S/C20H22N4O3/c1-26-18-7-6-17(27-18)20(25)24-10-3-5-16(14-24)19-22-9-11-23(19)13-15-4-2-8-21-12-15/h2,4,6-9,11-12,16H,3,5,10,13-14H2,1H3. The maximum Gasteiger partial charge on any atom is 0.289 e. The molecule has 0 aromatic carbocycles. The summed E-state index contributed by atoms with van der Waals surface area (Å²) in [4.78, 5) is 23.4. The van der Waals surface area contributed by atoms with Gasteiger partial charge in [-0.05, 0) is 30.5 Å². The van der Waals surface area contributed by atoms with Crippen molar-refractivity contribution in [2.75, 3.05) is 20.2 Å². The molecule has 0 radical (unpaired) electrons. The second kappa shape index (κ2) is 7.65. The molecule has 1 aliphatic heterocycles. The molecule has 0 spiro atoms. The summed E-state index contributed by atoms with van der Waals surface area (Å²) in [6, 6.07) is 7.31. The number of amides is 1. The molecule has 140 valence electrons. The second-order valence-corrected chi connectivity index (χ2v) is 6.69. The predicted molar refractivity (Wildman–Crippen MR) is 98.7 cm³/mol. The molecule has 0 aliphatic carbocycles. The highest BCUT2D eigenvalue weighted by Gasteiger charge is 2.29. The predicted octanol–water partition coefficient (Wildman–Crippen LogP) is 2.95. The Morgan fingerprint density at radius 2 is 2.26 bits per heavy atom. The van der Waals surface area contributed by atoms with Crippen molar-refractivity contribution in [2.45, 2.75) is 25.3 Å². The minimum Gasteiger partial charge on any atom is -0.468 e. The van der Waals surface area contributed by atoms with Gasteiger partial charge in [0.1, 0.15) is 5.82 Å². The first-order valence-corrected chi connectivity index (χ1v) is 9.07. The number of carbonyl (C=O) groups is 1. The number of likely N-dealkylation sites (tertiary alicyclic amines) is 1. The van der Waals surface area contributed by atoms with Gasteiger partial charge in [0, 0.05) is 49.9 Å². The van der Waals surface area contributed by atoms with Gasteiger partial charge in [0.25, 0.3) is 11.9 Å². The van der Waals surface area contributed by atoms with Gasteiger partial charge in [0.15, 0.2) is 5.76 Å². The molecule has 3 aromatic heterocycles. The van der Waals surface area contributed by atoms with E-state index in [1.54, 1.807) is 18.3 Å². The Kier molecular flexibility index (Phi) is 4.91. The van der Waals surface area contributed by atoms with Crippen molar-refractivity contribution in [3.05, 3.63) is 66.2 Å². The Morgan fingerprint density at radius 3 is 3.04 bits per heavy atom. The van der Waals surface area contributed by atoms with Crippen LogP contribution in [0.4, 0.5) is 0 Å². The van der Waals surface area contributed by atoms with Gasteiger partial charge in [-0.2, -0.15) is 0 Å². The minimum atomic E-state index is -0.103. The second-order valence-electron chi connectivity index (χ2n) is 6.69. The lowest BCUT2D eigenvalue weighted by molar-refractivity contribution is 0.0665. The number of carbonyl (C=O) groups excluding carboxylic acids is 1. The molecule has 1 amide bonds. The fraction of sp³-hybridized carbons (Fsp3) is 0.350. The summed E-state index contributed by atoms with van der Waals surface area (Å²) in [7, 11) is 1.52. The Morgan fingerprint density at radius 1 is 1.33 bits per heavy atom. The lowest BCUT2D eigenvalue weighted by atomic mass is 9.96. The molecule has 4 heterocycles. The van der Waals surface area contributed by atoms with E-state index in [4.69, 9.17) is 9.15 Å². The maximum absolute atomic E-state index is 12.8. The summed E-state index contributed by atoms with van der Waals surface area (Å²) < 4.78 is 12.6. The van der Waals surface area contributed by atoms with Crippen LogP contribution in [0.1, 0.15) is 40.7 Å².